The van der Waals surface area contributed by atoms with Crippen LogP contribution in [0.5, 0.6) is 0 Å². The van der Waals surface area contributed by atoms with Gasteiger partial charge in [0.1, 0.15) is 4.88 Å². The quantitative estimate of drug-likeness (QED) is 0.668. The molecule has 0 radical (unpaired) electrons. The third-order valence-corrected chi connectivity index (χ3v) is 2.82. The van der Waals surface area contributed by atoms with Crippen LogP contribution >= 0.6 is 11.5 Å². The van der Waals surface area contributed by atoms with Crippen LogP contribution in [0.1, 0.15) is 35.4 Å². The molecule has 0 amide bonds. The van der Waals surface area contributed by atoms with Crippen molar-refractivity contribution in [2.45, 2.75) is 25.7 Å². The molecule has 4 heteroatoms. The predicted octanol–water partition coefficient (Wildman–Crippen LogP) is 1.91. The Hall–Kier alpha value is -0.770. The van der Waals surface area contributed by atoms with E-state index in [1.807, 2.05) is 0 Å². The van der Waals surface area contributed by atoms with Crippen molar-refractivity contribution in [1.29, 1.82) is 0 Å². The average Bonchev–Trinajstić information content (AvgIpc) is 2.74. The molecule has 0 bridgehead atoms. The standard InChI is InChI=1S/C8H10N2OS/c11-7(4-3-6-1-2-6)8-5-9-10-12-8/h5-6H,1-4H2. The lowest BCUT2D eigenvalue weighted by Crippen LogP contribution is -1.95. The fourth-order valence-electron chi connectivity index (χ4n) is 1.15. The Morgan fingerprint density at radius 1 is 1.67 bits per heavy atom. The van der Waals surface area contributed by atoms with Gasteiger partial charge in [-0.05, 0) is 23.9 Å². The highest BCUT2D eigenvalue weighted by Gasteiger charge is 2.22. The highest BCUT2D eigenvalue weighted by Crippen LogP contribution is 2.33. The van der Waals surface area contributed by atoms with Crippen molar-refractivity contribution in [3.05, 3.63) is 11.1 Å². The maximum atomic E-state index is 11.4. The van der Waals surface area contributed by atoms with Crippen LogP contribution in [0.3, 0.4) is 0 Å². The van der Waals surface area contributed by atoms with E-state index in [1.165, 1.54) is 24.4 Å². The van der Waals surface area contributed by atoms with Crippen molar-refractivity contribution >= 4 is 17.3 Å². The van der Waals surface area contributed by atoms with Gasteiger partial charge < -0.3 is 0 Å². The second kappa shape index (κ2) is 3.31. The molecule has 12 heavy (non-hydrogen) atoms. The van der Waals surface area contributed by atoms with Crippen molar-refractivity contribution in [3.8, 4) is 0 Å². The van der Waals surface area contributed by atoms with Crippen LogP contribution in [0.15, 0.2) is 6.20 Å². The molecule has 0 aliphatic heterocycles. The molecule has 64 valence electrons. The smallest absolute Gasteiger partial charge is 0.176 e. The fourth-order valence-corrected chi connectivity index (χ4v) is 1.64. The lowest BCUT2D eigenvalue weighted by Gasteiger charge is -1.93. The van der Waals surface area contributed by atoms with E-state index in [-0.39, 0.29) is 5.78 Å². The third-order valence-electron chi connectivity index (χ3n) is 2.11. The second-order valence-electron chi connectivity index (χ2n) is 3.19. The molecule has 1 aromatic heterocycles. The number of hydrogen-bond acceptors (Lipinski definition) is 4. The summed E-state index contributed by atoms with van der Waals surface area (Å²) >= 11 is 1.19. The molecule has 0 atom stereocenters. The molecule has 1 heterocycles. The zero-order valence-corrected chi connectivity index (χ0v) is 7.51. The first-order chi connectivity index (χ1) is 5.86. The van der Waals surface area contributed by atoms with Gasteiger partial charge in [-0.1, -0.05) is 17.3 Å². The summed E-state index contributed by atoms with van der Waals surface area (Å²) in [7, 11) is 0. The Balaban J connectivity index is 1.83. The van der Waals surface area contributed by atoms with Crippen molar-refractivity contribution in [3.63, 3.8) is 0 Å². The van der Waals surface area contributed by atoms with Crippen LogP contribution in [-0.4, -0.2) is 15.4 Å². The van der Waals surface area contributed by atoms with Crippen LogP contribution in [0.25, 0.3) is 0 Å². The lowest BCUT2D eigenvalue weighted by atomic mass is 10.1. The Bertz CT molecular complexity index is 267. The number of carbonyl (C=O) groups excluding carboxylic acids is 1. The van der Waals surface area contributed by atoms with Crippen LogP contribution in [0.2, 0.25) is 0 Å². The van der Waals surface area contributed by atoms with E-state index in [1.54, 1.807) is 6.20 Å². The average molecular weight is 182 g/mol. The topological polar surface area (TPSA) is 42.9 Å². The SMILES string of the molecule is O=C(CCC1CC1)c1cnns1. The van der Waals surface area contributed by atoms with Gasteiger partial charge in [-0.2, -0.15) is 0 Å². The zero-order chi connectivity index (χ0) is 8.39. The van der Waals surface area contributed by atoms with Gasteiger partial charge in [0, 0.05) is 6.42 Å². The first-order valence-corrected chi connectivity index (χ1v) is 4.94. The van der Waals surface area contributed by atoms with Crippen molar-refractivity contribution < 1.29 is 4.79 Å². The van der Waals surface area contributed by atoms with Crippen LogP contribution in [-0.2, 0) is 0 Å². The number of hydrogen-bond donors (Lipinski definition) is 0. The Morgan fingerprint density at radius 2 is 2.50 bits per heavy atom. The third kappa shape index (κ3) is 1.88. The van der Waals surface area contributed by atoms with Gasteiger partial charge in [-0.25, -0.2) is 0 Å². The largest absolute Gasteiger partial charge is 0.293 e. The molecular weight excluding hydrogens is 172 g/mol. The molecule has 0 unspecified atom stereocenters. The summed E-state index contributed by atoms with van der Waals surface area (Å²) in [4.78, 5) is 12.1. The van der Waals surface area contributed by atoms with Crippen molar-refractivity contribution in [2.75, 3.05) is 0 Å². The molecule has 1 fully saturated rings. The molecular formula is C8H10N2OS. The maximum Gasteiger partial charge on any atom is 0.176 e. The molecule has 0 saturated heterocycles. The molecule has 0 aromatic carbocycles. The van der Waals surface area contributed by atoms with E-state index in [2.05, 4.69) is 9.59 Å². The highest BCUT2D eigenvalue weighted by molar-refractivity contribution is 7.07. The number of carbonyl (C=O) groups is 1. The van der Waals surface area contributed by atoms with Gasteiger partial charge in [-0.15, -0.1) is 5.10 Å². The minimum absolute atomic E-state index is 0.205. The van der Waals surface area contributed by atoms with Gasteiger partial charge in [0.25, 0.3) is 0 Å². The molecule has 0 spiro atoms. The van der Waals surface area contributed by atoms with E-state index >= 15 is 0 Å². The lowest BCUT2D eigenvalue weighted by molar-refractivity contribution is 0.0982. The normalized spacial score (nSPS) is 16.3. The van der Waals surface area contributed by atoms with Crippen LogP contribution < -0.4 is 0 Å². The van der Waals surface area contributed by atoms with Gasteiger partial charge in [-0.3, -0.25) is 4.79 Å². The Labute approximate surface area is 75.0 Å². The number of Topliss-reactive ketones (excluding diaryl/α,β-unsaturated/α-hetero) is 1. The Morgan fingerprint density at radius 3 is 3.08 bits per heavy atom. The first-order valence-electron chi connectivity index (χ1n) is 4.17. The van der Waals surface area contributed by atoms with Gasteiger partial charge in [0.2, 0.25) is 0 Å². The minimum atomic E-state index is 0.205. The molecule has 1 aliphatic carbocycles. The van der Waals surface area contributed by atoms with E-state index in [0.29, 0.717) is 11.3 Å². The summed E-state index contributed by atoms with van der Waals surface area (Å²) in [6.07, 6.45) is 5.91. The molecule has 1 saturated carbocycles. The van der Waals surface area contributed by atoms with E-state index in [9.17, 15) is 4.79 Å². The van der Waals surface area contributed by atoms with Crippen molar-refractivity contribution in [2.24, 2.45) is 5.92 Å². The summed E-state index contributed by atoms with van der Waals surface area (Å²) in [6, 6.07) is 0. The monoisotopic (exact) mass is 182 g/mol. The van der Waals surface area contributed by atoms with Crippen LogP contribution in [0.4, 0.5) is 0 Å². The number of aromatic nitrogens is 2. The fraction of sp³-hybridized carbons (Fsp3) is 0.625. The van der Waals surface area contributed by atoms with E-state index in [0.717, 1.165) is 12.3 Å². The van der Waals surface area contributed by atoms with Gasteiger partial charge >= 0.3 is 0 Å². The molecule has 1 aliphatic rings. The highest BCUT2D eigenvalue weighted by atomic mass is 32.1. The predicted molar refractivity (Wildman–Crippen MR) is 46.2 cm³/mol. The summed E-state index contributed by atoms with van der Waals surface area (Å²) < 4.78 is 3.66. The summed E-state index contributed by atoms with van der Waals surface area (Å²) in [5, 5.41) is 3.63. The molecule has 0 N–H and O–H groups in total. The number of ketones is 1. The second-order valence-corrected chi connectivity index (χ2v) is 3.97. The summed E-state index contributed by atoms with van der Waals surface area (Å²) in [5.41, 5.74) is 0. The number of rotatable bonds is 4. The minimum Gasteiger partial charge on any atom is -0.293 e. The molecule has 3 nitrogen and oxygen atoms in total. The van der Waals surface area contributed by atoms with Crippen LogP contribution in [0, 0.1) is 5.92 Å². The Kier molecular flexibility index (Phi) is 2.17. The van der Waals surface area contributed by atoms with Gasteiger partial charge in [0.15, 0.2) is 5.78 Å². The maximum absolute atomic E-state index is 11.4. The van der Waals surface area contributed by atoms with Gasteiger partial charge in [0.05, 0.1) is 6.20 Å². The number of nitrogens with zero attached hydrogens (tertiary/aromatic N) is 2. The summed E-state index contributed by atoms with van der Waals surface area (Å²) in [5.74, 6) is 1.03. The molecule has 2 rings (SSSR count). The van der Waals surface area contributed by atoms with Crippen molar-refractivity contribution in [1.82, 2.24) is 9.59 Å². The first kappa shape index (κ1) is 7.86. The molecule has 1 aromatic rings. The zero-order valence-electron chi connectivity index (χ0n) is 6.69. The van der Waals surface area contributed by atoms with E-state index in [4.69, 9.17) is 0 Å². The van der Waals surface area contributed by atoms with E-state index < -0.39 is 0 Å². The summed E-state index contributed by atoms with van der Waals surface area (Å²) in [6.45, 7) is 0.